The van der Waals surface area contributed by atoms with Gasteiger partial charge in [0.15, 0.2) is 0 Å². The quantitative estimate of drug-likeness (QED) is 0.893. The molecule has 0 spiro atoms. The molecule has 0 radical (unpaired) electrons. The smallest absolute Gasteiger partial charge is 0.266 e. The van der Waals surface area contributed by atoms with Gasteiger partial charge in [0.25, 0.3) is 5.56 Å². The van der Waals surface area contributed by atoms with E-state index < -0.39 is 15.6 Å². The lowest BCUT2D eigenvalue weighted by atomic mass is 9.83. The summed E-state index contributed by atoms with van der Waals surface area (Å²) in [6, 6.07) is 1.15. The number of rotatable bonds is 4. The van der Waals surface area contributed by atoms with Crippen LogP contribution in [-0.4, -0.2) is 19.4 Å². The molecule has 2 N–H and O–H groups in total. The van der Waals surface area contributed by atoms with Crippen LogP contribution in [0.1, 0.15) is 39.0 Å². The van der Waals surface area contributed by atoms with Gasteiger partial charge in [-0.2, -0.15) is 0 Å². The normalized spacial score (nSPS) is 23.7. The lowest BCUT2D eigenvalue weighted by Crippen LogP contribution is -2.41. The molecule has 1 heterocycles. The van der Waals surface area contributed by atoms with Crippen LogP contribution in [0.5, 0.6) is 0 Å². The molecule has 1 aromatic rings. The highest BCUT2D eigenvalue weighted by Gasteiger charge is 2.28. The highest BCUT2D eigenvalue weighted by Crippen LogP contribution is 2.28. The van der Waals surface area contributed by atoms with Gasteiger partial charge < -0.3 is 4.98 Å². The van der Waals surface area contributed by atoms with Crippen molar-refractivity contribution in [3.05, 3.63) is 27.6 Å². The fourth-order valence-corrected chi connectivity index (χ4v) is 4.28. The average molecular weight is 319 g/mol. The van der Waals surface area contributed by atoms with Crippen molar-refractivity contribution >= 4 is 21.6 Å². The Hall–Kier alpha value is -0.850. The maximum atomic E-state index is 12.3. The van der Waals surface area contributed by atoms with Crippen LogP contribution in [-0.2, 0) is 10.0 Å². The number of aromatic nitrogens is 1. The van der Waals surface area contributed by atoms with E-state index in [-0.39, 0.29) is 16.0 Å². The standard InChI is InChI=1S/C13H19ClN2O3S/c1-2-9-5-3-4-6-12(9)16-20(18,19)10-7-11(14)13(17)15-8-10/h7-9,12,16H,2-6H2,1H3,(H,15,17). The molecule has 1 aliphatic rings. The molecule has 0 saturated heterocycles. The van der Waals surface area contributed by atoms with Gasteiger partial charge in [0.1, 0.15) is 5.02 Å². The highest BCUT2D eigenvalue weighted by molar-refractivity contribution is 7.89. The minimum absolute atomic E-state index is 0.00234. The first-order valence-electron chi connectivity index (χ1n) is 6.84. The second-order valence-corrected chi connectivity index (χ2v) is 7.31. The molecule has 5 nitrogen and oxygen atoms in total. The summed E-state index contributed by atoms with van der Waals surface area (Å²) in [5.74, 6) is 0.372. The van der Waals surface area contributed by atoms with E-state index in [0.29, 0.717) is 5.92 Å². The van der Waals surface area contributed by atoms with Crippen molar-refractivity contribution in [2.24, 2.45) is 5.92 Å². The topological polar surface area (TPSA) is 79.0 Å². The van der Waals surface area contributed by atoms with Gasteiger partial charge in [0, 0.05) is 12.2 Å². The predicted molar refractivity (Wildman–Crippen MR) is 78.4 cm³/mol. The first kappa shape index (κ1) is 15.5. The predicted octanol–water partition coefficient (Wildman–Crippen LogP) is 2.28. The van der Waals surface area contributed by atoms with E-state index in [9.17, 15) is 13.2 Å². The van der Waals surface area contributed by atoms with Crippen molar-refractivity contribution in [3.8, 4) is 0 Å². The fraction of sp³-hybridized carbons (Fsp3) is 0.615. The van der Waals surface area contributed by atoms with Crippen molar-refractivity contribution in [3.63, 3.8) is 0 Å². The molecule has 2 unspecified atom stereocenters. The molecule has 20 heavy (non-hydrogen) atoms. The largest absolute Gasteiger partial charge is 0.326 e. The lowest BCUT2D eigenvalue weighted by Gasteiger charge is -2.31. The summed E-state index contributed by atoms with van der Waals surface area (Å²) >= 11 is 5.68. The first-order valence-corrected chi connectivity index (χ1v) is 8.70. The maximum Gasteiger partial charge on any atom is 0.266 e. The molecule has 112 valence electrons. The van der Waals surface area contributed by atoms with Crippen LogP contribution in [0, 0.1) is 5.92 Å². The number of halogens is 1. The second-order valence-electron chi connectivity index (χ2n) is 5.19. The third kappa shape index (κ3) is 3.42. The summed E-state index contributed by atoms with van der Waals surface area (Å²) < 4.78 is 27.4. The maximum absolute atomic E-state index is 12.3. The van der Waals surface area contributed by atoms with Gasteiger partial charge in [0.2, 0.25) is 10.0 Å². The summed E-state index contributed by atoms with van der Waals surface area (Å²) in [6.07, 6.45) is 6.24. The molecule has 2 atom stereocenters. The highest BCUT2D eigenvalue weighted by atomic mass is 35.5. The Morgan fingerprint density at radius 3 is 2.75 bits per heavy atom. The van der Waals surface area contributed by atoms with Crippen LogP contribution in [0.2, 0.25) is 5.02 Å². The average Bonchev–Trinajstić information content (AvgIpc) is 2.42. The number of hydrogen-bond donors (Lipinski definition) is 2. The van der Waals surface area contributed by atoms with Crippen molar-refractivity contribution in [2.45, 2.75) is 50.0 Å². The van der Waals surface area contributed by atoms with Crippen LogP contribution >= 0.6 is 11.6 Å². The number of H-pyrrole nitrogens is 1. The molecule has 1 aromatic heterocycles. The zero-order valence-corrected chi connectivity index (χ0v) is 12.9. The molecule has 0 bridgehead atoms. The lowest BCUT2D eigenvalue weighted by molar-refractivity contribution is 0.282. The molecule has 2 rings (SSSR count). The van der Waals surface area contributed by atoms with Gasteiger partial charge in [-0.15, -0.1) is 0 Å². The molecular weight excluding hydrogens is 300 g/mol. The molecule has 7 heteroatoms. The Balaban J connectivity index is 2.21. The van der Waals surface area contributed by atoms with Crippen LogP contribution in [0.4, 0.5) is 0 Å². The van der Waals surface area contributed by atoms with Gasteiger partial charge in [-0.05, 0) is 24.8 Å². The molecule has 0 amide bonds. The molecular formula is C13H19ClN2O3S. The van der Waals surface area contributed by atoms with Gasteiger partial charge in [0.05, 0.1) is 4.90 Å². The van der Waals surface area contributed by atoms with Crippen LogP contribution in [0.3, 0.4) is 0 Å². The van der Waals surface area contributed by atoms with E-state index in [4.69, 9.17) is 11.6 Å². The Bertz CT molecular complexity index is 627. The SMILES string of the molecule is CCC1CCCCC1NS(=O)(=O)c1c[nH]c(=O)c(Cl)c1. The van der Waals surface area contributed by atoms with Crippen molar-refractivity contribution in [2.75, 3.05) is 0 Å². The van der Waals surface area contributed by atoms with Gasteiger partial charge in [-0.25, -0.2) is 13.1 Å². The minimum atomic E-state index is -3.65. The van der Waals surface area contributed by atoms with E-state index in [1.54, 1.807) is 0 Å². The number of nitrogens with one attached hydrogen (secondary N) is 2. The molecule has 0 aromatic carbocycles. The van der Waals surface area contributed by atoms with Crippen molar-refractivity contribution < 1.29 is 8.42 Å². The summed E-state index contributed by atoms with van der Waals surface area (Å²) in [6.45, 7) is 2.08. The van der Waals surface area contributed by atoms with Crippen LogP contribution < -0.4 is 10.3 Å². The Morgan fingerprint density at radius 1 is 1.40 bits per heavy atom. The third-order valence-electron chi connectivity index (χ3n) is 3.88. The van der Waals surface area contributed by atoms with Gasteiger partial charge >= 0.3 is 0 Å². The molecule has 1 saturated carbocycles. The zero-order chi connectivity index (χ0) is 14.8. The summed E-state index contributed by atoms with van der Waals surface area (Å²) in [5, 5.41) is -0.122. The number of aromatic amines is 1. The van der Waals surface area contributed by atoms with Crippen molar-refractivity contribution in [1.29, 1.82) is 0 Å². The van der Waals surface area contributed by atoms with E-state index in [2.05, 4.69) is 16.6 Å². The van der Waals surface area contributed by atoms with Gasteiger partial charge in [-0.3, -0.25) is 4.79 Å². The van der Waals surface area contributed by atoms with E-state index in [0.717, 1.165) is 32.1 Å². The molecule has 0 aliphatic heterocycles. The van der Waals surface area contributed by atoms with E-state index in [1.807, 2.05) is 0 Å². The zero-order valence-electron chi connectivity index (χ0n) is 11.4. The fourth-order valence-electron chi connectivity index (χ4n) is 2.71. The monoisotopic (exact) mass is 318 g/mol. The number of sulfonamides is 1. The second kappa shape index (κ2) is 6.28. The Morgan fingerprint density at radius 2 is 2.10 bits per heavy atom. The van der Waals surface area contributed by atoms with Crippen LogP contribution in [0.25, 0.3) is 0 Å². The number of hydrogen-bond acceptors (Lipinski definition) is 3. The van der Waals surface area contributed by atoms with Gasteiger partial charge in [-0.1, -0.05) is 37.8 Å². The summed E-state index contributed by atoms with van der Waals surface area (Å²) in [7, 11) is -3.65. The Labute approximate surface area is 123 Å². The third-order valence-corrected chi connectivity index (χ3v) is 5.63. The van der Waals surface area contributed by atoms with E-state index >= 15 is 0 Å². The summed E-state index contributed by atoms with van der Waals surface area (Å²) in [4.78, 5) is 13.5. The molecule has 1 fully saturated rings. The molecule has 1 aliphatic carbocycles. The number of pyridine rings is 1. The summed E-state index contributed by atoms with van der Waals surface area (Å²) in [5.41, 5.74) is -0.491. The van der Waals surface area contributed by atoms with Crippen molar-refractivity contribution in [1.82, 2.24) is 9.71 Å². The first-order chi connectivity index (χ1) is 9.44. The van der Waals surface area contributed by atoms with E-state index in [1.165, 1.54) is 12.3 Å². The van der Waals surface area contributed by atoms with Crippen LogP contribution in [0.15, 0.2) is 22.0 Å². The Kier molecular flexibility index (Phi) is 4.88. The minimum Gasteiger partial charge on any atom is -0.326 e.